The summed E-state index contributed by atoms with van der Waals surface area (Å²) >= 11 is 13.9. The number of hydrogen-bond acceptors (Lipinski definition) is 3. The van der Waals surface area contributed by atoms with E-state index >= 15 is 0 Å². The Morgan fingerprint density at radius 2 is 1.85 bits per heavy atom. The maximum Gasteiger partial charge on any atom is 0.255 e. The lowest BCUT2D eigenvalue weighted by Crippen LogP contribution is -2.12. The molecule has 0 saturated heterocycles. The molecule has 1 heterocycles. The maximum absolute atomic E-state index is 12.7. The van der Waals surface area contributed by atoms with Gasteiger partial charge in [0.2, 0.25) is 0 Å². The number of carbonyl (C=O) groups is 1. The topological polar surface area (TPSA) is 42.0 Å². The first kappa shape index (κ1) is 18.0. The van der Waals surface area contributed by atoms with Gasteiger partial charge in [-0.05, 0) is 55.0 Å². The van der Waals surface area contributed by atoms with E-state index in [0.29, 0.717) is 21.3 Å². The van der Waals surface area contributed by atoms with Gasteiger partial charge in [0, 0.05) is 21.2 Å². The number of para-hydroxylation sites is 1. The summed E-state index contributed by atoms with van der Waals surface area (Å²) < 4.78 is 1.08. The Hall–Kier alpha value is -2.40. The number of aryl methyl sites for hydroxylation is 1. The van der Waals surface area contributed by atoms with Crippen LogP contribution >= 0.6 is 34.5 Å². The van der Waals surface area contributed by atoms with Crippen LogP contribution in [0.3, 0.4) is 0 Å². The standard InChI is InChI=1S/C21H14Cl2N2OS/c1-12-6-7-13(10-16(12)23)20(26)24-17-9-8-14(22)11-15(17)21-25-18-4-2-3-5-19(18)27-21/h2-11H,1H3,(H,24,26). The fourth-order valence-corrected chi connectivity index (χ4v) is 4.07. The monoisotopic (exact) mass is 412 g/mol. The third-order valence-corrected chi connectivity index (χ3v) is 5.90. The highest BCUT2D eigenvalue weighted by Gasteiger charge is 2.15. The summed E-state index contributed by atoms with van der Waals surface area (Å²) in [5, 5.41) is 4.90. The van der Waals surface area contributed by atoms with Crippen LogP contribution in [0.5, 0.6) is 0 Å². The molecule has 3 nitrogen and oxygen atoms in total. The van der Waals surface area contributed by atoms with Crippen LogP contribution in [0.4, 0.5) is 5.69 Å². The molecule has 27 heavy (non-hydrogen) atoms. The van der Waals surface area contributed by atoms with Gasteiger partial charge in [-0.1, -0.05) is 41.4 Å². The highest BCUT2D eigenvalue weighted by atomic mass is 35.5. The molecular formula is C21H14Cl2N2OS. The van der Waals surface area contributed by atoms with Gasteiger partial charge < -0.3 is 5.32 Å². The molecule has 134 valence electrons. The fourth-order valence-electron chi connectivity index (χ4n) is 2.72. The molecule has 0 radical (unpaired) electrons. The zero-order chi connectivity index (χ0) is 19.0. The molecule has 1 aromatic heterocycles. The van der Waals surface area contributed by atoms with Crippen molar-refractivity contribution in [1.29, 1.82) is 0 Å². The molecule has 1 N–H and O–H groups in total. The minimum absolute atomic E-state index is 0.235. The minimum atomic E-state index is -0.235. The maximum atomic E-state index is 12.7. The predicted molar refractivity (Wildman–Crippen MR) is 114 cm³/mol. The van der Waals surface area contributed by atoms with E-state index in [9.17, 15) is 4.79 Å². The number of aromatic nitrogens is 1. The van der Waals surface area contributed by atoms with Crippen molar-refractivity contribution in [2.75, 3.05) is 5.32 Å². The number of benzene rings is 3. The quantitative estimate of drug-likeness (QED) is 0.400. The van der Waals surface area contributed by atoms with Crippen LogP contribution in [0.1, 0.15) is 15.9 Å². The summed E-state index contributed by atoms with van der Waals surface area (Å²) in [6, 6.07) is 18.5. The van der Waals surface area contributed by atoms with Gasteiger partial charge in [-0.3, -0.25) is 4.79 Å². The number of fused-ring (bicyclic) bond motifs is 1. The van der Waals surface area contributed by atoms with Gasteiger partial charge >= 0.3 is 0 Å². The Labute approximate surface area is 170 Å². The van der Waals surface area contributed by atoms with Crippen molar-refractivity contribution in [2.24, 2.45) is 0 Å². The summed E-state index contributed by atoms with van der Waals surface area (Å²) in [6.45, 7) is 1.90. The molecule has 0 spiro atoms. The SMILES string of the molecule is Cc1ccc(C(=O)Nc2ccc(Cl)cc2-c2nc3ccccc3s2)cc1Cl. The molecule has 0 saturated carbocycles. The van der Waals surface area contributed by atoms with Crippen molar-refractivity contribution < 1.29 is 4.79 Å². The third kappa shape index (κ3) is 3.69. The largest absolute Gasteiger partial charge is 0.321 e. The minimum Gasteiger partial charge on any atom is -0.321 e. The number of halogens is 2. The van der Waals surface area contributed by atoms with Crippen LogP contribution in [-0.2, 0) is 0 Å². The molecule has 0 aliphatic carbocycles. The molecule has 0 atom stereocenters. The highest BCUT2D eigenvalue weighted by Crippen LogP contribution is 2.36. The molecule has 0 bridgehead atoms. The Kier molecular flexibility index (Phi) is 4.87. The first-order valence-electron chi connectivity index (χ1n) is 8.24. The number of nitrogens with one attached hydrogen (secondary N) is 1. The molecular weight excluding hydrogens is 399 g/mol. The van der Waals surface area contributed by atoms with Crippen LogP contribution in [0.2, 0.25) is 10.0 Å². The van der Waals surface area contributed by atoms with E-state index in [1.165, 1.54) is 0 Å². The zero-order valence-electron chi connectivity index (χ0n) is 14.3. The molecule has 4 aromatic rings. The van der Waals surface area contributed by atoms with E-state index in [1.807, 2.05) is 43.3 Å². The van der Waals surface area contributed by atoms with Crippen LogP contribution in [0.15, 0.2) is 60.7 Å². The Morgan fingerprint density at radius 1 is 1.04 bits per heavy atom. The van der Waals surface area contributed by atoms with Crippen molar-refractivity contribution in [3.05, 3.63) is 81.8 Å². The second-order valence-electron chi connectivity index (χ2n) is 6.09. The summed E-state index contributed by atoms with van der Waals surface area (Å²) in [6.07, 6.45) is 0. The predicted octanol–water partition coefficient (Wildman–Crippen LogP) is 6.83. The number of carbonyl (C=O) groups excluding carboxylic acids is 1. The zero-order valence-corrected chi connectivity index (χ0v) is 16.6. The molecule has 6 heteroatoms. The summed E-state index contributed by atoms with van der Waals surface area (Å²) in [5.41, 5.74) is 3.78. The first-order chi connectivity index (χ1) is 13.0. The molecule has 3 aromatic carbocycles. The van der Waals surface area contributed by atoms with Gasteiger partial charge in [-0.2, -0.15) is 0 Å². The Balaban J connectivity index is 1.73. The Bertz CT molecular complexity index is 1140. The second kappa shape index (κ2) is 7.31. The lowest BCUT2D eigenvalue weighted by molar-refractivity contribution is 0.102. The smallest absolute Gasteiger partial charge is 0.255 e. The van der Waals surface area contributed by atoms with E-state index < -0.39 is 0 Å². The fraction of sp³-hybridized carbons (Fsp3) is 0.0476. The van der Waals surface area contributed by atoms with E-state index in [1.54, 1.807) is 35.6 Å². The lowest BCUT2D eigenvalue weighted by Gasteiger charge is -2.11. The van der Waals surface area contributed by atoms with Crippen LogP contribution in [-0.4, -0.2) is 10.9 Å². The van der Waals surface area contributed by atoms with Crippen LogP contribution in [0.25, 0.3) is 20.8 Å². The summed E-state index contributed by atoms with van der Waals surface area (Å²) in [4.78, 5) is 17.4. The van der Waals surface area contributed by atoms with E-state index in [0.717, 1.165) is 26.4 Å². The van der Waals surface area contributed by atoms with Gasteiger partial charge in [0.15, 0.2) is 0 Å². The average Bonchev–Trinajstić information content (AvgIpc) is 3.09. The Morgan fingerprint density at radius 3 is 2.63 bits per heavy atom. The van der Waals surface area contributed by atoms with Gasteiger partial charge in [0.25, 0.3) is 5.91 Å². The lowest BCUT2D eigenvalue weighted by atomic mass is 10.1. The normalized spacial score (nSPS) is 10.9. The summed E-state index contributed by atoms with van der Waals surface area (Å²) in [7, 11) is 0. The summed E-state index contributed by atoms with van der Waals surface area (Å²) in [5.74, 6) is -0.235. The molecule has 4 rings (SSSR count). The number of anilines is 1. The van der Waals surface area contributed by atoms with E-state index in [-0.39, 0.29) is 5.91 Å². The molecule has 1 amide bonds. The number of amides is 1. The third-order valence-electron chi connectivity index (χ3n) is 4.19. The molecule has 0 aliphatic rings. The number of hydrogen-bond donors (Lipinski definition) is 1. The van der Waals surface area contributed by atoms with Gasteiger partial charge in [0.05, 0.1) is 15.9 Å². The second-order valence-corrected chi connectivity index (χ2v) is 7.97. The van der Waals surface area contributed by atoms with Crippen molar-refractivity contribution in [3.63, 3.8) is 0 Å². The van der Waals surface area contributed by atoms with Crippen molar-refractivity contribution in [3.8, 4) is 10.6 Å². The first-order valence-corrected chi connectivity index (χ1v) is 9.81. The van der Waals surface area contributed by atoms with Crippen molar-refractivity contribution in [2.45, 2.75) is 6.92 Å². The molecule has 0 fully saturated rings. The highest BCUT2D eigenvalue weighted by molar-refractivity contribution is 7.21. The van der Waals surface area contributed by atoms with Gasteiger partial charge in [-0.25, -0.2) is 4.98 Å². The van der Waals surface area contributed by atoms with Gasteiger partial charge in [0.1, 0.15) is 5.01 Å². The molecule has 0 aliphatic heterocycles. The molecule has 0 unspecified atom stereocenters. The van der Waals surface area contributed by atoms with Gasteiger partial charge in [-0.15, -0.1) is 11.3 Å². The van der Waals surface area contributed by atoms with Crippen LogP contribution < -0.4 is 5.32 Å². The van der Waals surface area contributed by atoms with Crippen molar-refractivity contribution >= 4 is 56.3 Å². The van der Waals surface area contributed by atoms with E-state index in [4.69, 9.17) is 23.2 Å². The van der Waals surface area contributed by atoms with Crippen molar-refractivity contribution in [1.82, 2.24) is 4.98 Å². The average molecular weight is 413 g/mol. The number of thiazole rings is 1. The van der Waals surface area contributed by atoms with E-state index in [2.05, 4.69) is 10.3 Å². The number of nitrogens with zero attached hydrogens (tertiary/aromatic N) is 1. The number of rotatable bonds is 3. The van der Waals surface area contributed by atoms with Crippen LogP contribution in [0, 0.1) is 6.92 Å².